The molecular weight excluding hydrogens is 370 g/mol. The van der Waals surface area contributed by atoms with Gasteiger partial charge in [0.1, 0.15) is 5.69 Å². The number of anilines is 1. The fourth-order valence-corrected chi connectivity index (χ4v) is 6.48. The zero-order chi connectivity index (χ0) is 18.4. The molecule has 0 radical (unpaired) electrons. The van der Waals surface area contributed by atoms with Gasteiger partial charge >= 0.3 is 0 Å². The Morgan fingerprint density at radius 3 is 2.65 bits per heavy atom. The highest BCUT2D eigenvalue weighted by atomic mass is 33.1. The minimum atomic E-state index is -0.339. The van der Waals surface area contributed by atoms with Crippen LogP contribution in [-0.4, -0.2) is 52.9 Å². The van der Waals surface area contributed by atoms with Gasteiger partial charge in [0.25, 0.3) is 5.69 Å². The number of piperazine rings is 1. The molecule has 2 fully saturated rings. The van der Waals surface area contributed by atoms with E-state index in [2.05, 4.69) is 0 Å². The summed E-state index contributed by atoms with van der Waals surface area (Å²) in [6, 6.07) is 6.83. The second-order valence-corrected chi connectivity index (χ2v) is 9.48. The normalized spacial score (nSPS) is 20.4. The Balaban J connectivity index is 1.41. The number of nitrogens with zero attached hydrogens (tertiary/aromatic N) is 3. The van der Waals surface area contributed by atoms with Gasteiger partial charge in [-0.25, -0.2) is 0 Å². The van der Waals surface area contributed by atoms with Gasteiger partial charge in [0, 0.05) is 49.7 Å². The molecule has 0 spiro atoms. The van der Waals surface area contributed by atoms with Crippen LogP contribution in [0.5, 0.6) is 0 Å². The maximum absolute atomic E-state index is 12.4. The largest absolute Gasteiger partial charge is 0.362 e. The van der Waals surface area contributed by atoms with E-state index in [0.29, 0.717) is 38.3 Å². The summed E-state index contributed by atoms with van der Waals surface area (Å²) < 4.78 is 0. The Hall–Kier alpha value is -1.41. The van der Waals surface area contributed by atoms with Crippen LogP contribution in [0.3, 0.4) is 0 Å². The molecule has 2 heterocycles. The Morgan fingerprint density at radius 2 is 1.96 bits per heavy atom. The van der Waals surface area contributed by atoms with Crippen LogP contribution in [0.25, 0.3) is 0 Å². The van der Waals surface area contributed by atoms with Crippen LogP contribution >= 0.6 is 21.6 Å². The van der Waals surface area contributed by atoms with Crippen molar-refractivity contribution in [2.24, 2.45) is 0 Å². The topological polar surface area (TPSA) is 66.7 Å². The quantitative estimate of drug-likeness (QED) is 0.301. The summed E-state index contributed by atoms with van der Waals surface area (Å²) in [5, 5.41) is 12.0. The molecule has 26 heavy (non-hydrogen) atoms. The van der Waals surface area contributed by atoms with Crippen LogP contribution in [0.15, 0.2) is 24.3 Å². The van der Waals surface area contributed by atoms with Crippen LogP contribution in [-0.2, 0) is 4.79 Å². The van der Waals surface area contributed by atoms with E-state index in [4.69, 9.17) is 0 Å². The zero-order valence-electron chi connectivity index (χ0n) is 14.8. The van der Waals surface area contributed by atoms with Gasteiger partial charge in [-0.15, -0.1) is 0 Å². The van der Waals surface area contributed by atoms with Gasteiger partial charge in [-0.05, 0) is 25.3 Å². The number of carbonyl (C=O) groups is 1. The molecule has 0 aromatic heterocycles. The second kappa shape index (κ2) is 9.50. The van der Waals surface area contributed by atoms with Crippen LogP contribution in [0.2, 0.25) is 0 Å². The number of hydrogen-bond donors (Lipinski definition) is 0. The van der Waals surface area contributed by atoms with Crippen LogP contribution < -0.4 is 4.90 Å². The highest BCUT2D eigenvalue weighted by molar-refractivity contribution is 8.77. The van der Waals surface area contributed by atoms with Gasteiger partial charge in [-0.2, -0.15) is 0 Å². The first-order valence-electron chi connectivity index (χ1n) is 9.19. The van der Waals surface area contributed by atoms with Gasteiger partial charge in [0.05, 0.1) is 4.92 Å². The Bertz CT molecular complexity index is 630. The van der Waals surface area contributed by atoms with Crippen LogP contribution in [0, 0.1) is 10.1 Å². The van der Waals surface area contributed by atoms with E-state index < -0.39 is 0 Å². The lowest BCUT2D eigenvalue weighted by molar-refractivity contribution is -0.384. The predicted octanol–water partition coefficient (Wildman–Crippen LogP) is 3.96. The third kappa shape index (κ3) is 5.07. The Labute approximate surface area is 162 Å². The van der Waals surface area contributed by atoms with Crippen molar-refractivity contribution in [3.8, 4) is 0 Å². The van der Waals surface area contributed by atoms with Gasteiger partial charge < -0.3 is 9.80 Å². The number of benzene rings is 1. The van der Waals surface area contributed by atoms with E-state index in [1.165, 1.54) is 24.7 Å². The highest BCUT2D eigenvalue weighted by Crippen LogP contribution is 2.39. The monoisotopic (exact) mass is 395 g/mol. The lowest BCUT2D eigenvalue weighted by Crippen LogP contribution is -2.48. The minimum Gasteiger partial charge on any atom is -0.362 e. The van der Waals surface area contributed by atoms with Crippen LogP contribution in [0.4, 0.5) is 11.4 Å². The number of nitro benzene ring substituents is 1. The average Bonchev–Trinajstić information content (AvgIpc) is 3.18. The van der Waals surface area contributed by atoms with Gasteiger partial charge in [0.2, 0.25) is 5.91 Å². The van der Waals surface area contributed by atoms with E-state index in [1.807, 2.05) is 37.5 Å². The number of unbranched alkanes of at least 4 members (excludes halogenated alkanes) is 1. The molecule has 3 rings (SSSR count). The van der Waals surface area contributed by atoms with E-state index in [0.717, 1.165) is 18.1 Å². The first-order chi connectivity index (χ1) is 12.6. The molecule has 142 valence electrons. The first-order valence-corrected chi connectivity index (χ1v) is 11.6. The summed E-state index contributed by atoms with van der Waals surface area (Å²) in [7, 11) is 3.96. The maximum atomic E-state index is 12.4. The van der Waals surface area contributed by atoms with E-state index in [-0.39, 0.29) is 16.5 Å². The molecule has 0 bridgehead atoms. The fraction of sp³-hybridized carbons (Fsp3) is 0.611. The van der Waals surface area contributed by atoms with Crippen molar-refractivity contribution in [2.75, 3.05) is 36.8 Å². The molecule has 0 saturated carbocycles. The average molecular weight is 396 g/mol. The zero-order valence-corrected chi connectivity index (χ0v) is 16.5. The van der Waals surface area contributed by atoms with Crippen molar-refractivity contribution < 1.29 is 9.72 Å². The van der Waals surface area contributed by atoms with Crippen molar-refractivity contribution >= 4 is 38.9 Å². The number of rotatable bonds is 7. The standard InChI is InChI=1S/C18H25N3O3S2/c22-18(8-4-1-5-15-9-14-25-26-15)20-12-10-19(11-13-20)16-6-2-3-7-17(16)21(23)24/h2-3,6-7,15H,1,4-5,8-14H2. The fourth-order valence-electron chi connectivity index (χ4n) is 3.45. The molecular formula is C18H25N3O3S2. The maximum Gasteiger partial charge on any atom is 0.292 e. The molecule has 1 aromatic carbocycles. The number of para-hydroxylation sites is 2. The lowest BCUT2D eigenvalue weighted by atomic mass is 10.1. The van der Waals surface area contributed by atoms with E-state index in [1.54, 1.807) is 12.1 Å². The Kier molecular flexibility index (Phi) is 7.07. The summed E-state index contributed by atoms with van der Waals surface area (Å²) in [4.78, 5) is 27.2. The molecule has 1 unspecified atom stereocenters. The molecule has 1 amide bonds. The van der Waals surface area contributed by atoms with Crippen LogP contribution in [0.1, 0.15) is 32.1 Å². The van der Waals surface area contributed by atoms with Crippen molar-refractivity contribution in [3.05, 3.63) is 34.4 Å². The summed E-state index contributed by atoms with van der Waals surface area (Å²) in [6.07, 6.45) is 5.23. The molecule has 2 aliphatic heterocycles. The van der Waals surface area contributed by atoms with Gasteiger partial charge in [-0.3, -0.25) is 14.9 Å². The Morgan fingerprint density at radius 1 is 1.19 bits per heavy atom. The van der Waals surface area contributed by atoms with E-state index >= 15 is 0 Å². The van der Waals surface area contributed by atoms with E-state index in [9.17, 15) is 14.9 Å². The number of hydrogen-bond acceptors (Lipinski definition) is 6. The molecule has 1 atom stereocenters. The smallest absolute Gasteiger partial charge is 0.292 e. The molecule has 8 heteroatoms. The predicted molar refractivity (Wildman–Crippen MR) is 109 cm³/mol. The first kappa shape index (κ1) is 19.4. The van der Waals surface area contributed by atoms with Gasteiger partial charge in [0.15, 0.2) is 0 Å². The molecule has 6 nitrogen and oxygen atoms in total. The molecule has 0 N–H and O–H groups in total. The van der Waals surface area contributed by atoms with Crippen molar-refractivity contribution in [1.82, 2.24) is 4.90 Å². The van der Waals surface area contributed by atoms with Crippen molar-refractivity contribution in [2.45, 2.75) is 37.4 Å². The molecule has 0 aliphatic carbocycles. The molecule has 1 aromatic rings. The lowest BCUT2D eigenvalue weighted by Gasteiger charge is -2.35. The summed E-state index contributed by atoms with van der Waals surface area (Å²) in [6.45, 7) is 2.57. The third-order valence-electron chi connectivity index (χ3n) is 4.95. The summed E-state index contributed by atoms with van der Waals surface area (Å²) in [5.74, 6) is 1.48. The van der Waals surface area contributed by atoms with Gasteiger partial charge in [-0.1, -0.05) is 40.1 Å². The van der Waals surface area contributed by atoms with Crippen molar-refractivity contribution in [3.63, 3.8) is 0 Å². The summed E-state index contributed by atoms with van der Waals surface area (Å²) in [5.41, 5.74) is 0.784. The number of carbonyl (C=O) groups excluding carboxylic acids is 1. The molecule has 2 saturated heterocycles. The highest BCUT2D eigenvalue weighted by Gasteiger charge is 2.25. The second-order valence-electron chi connectivity index (χ2n) is 6.69. The molecule has 2 aliphatic rings. The van der Waals surface area contributed by atoms with Crippen molar-refractivity contribution in [1.29, 1.82) is 0 Å². The number of nitro groups is 1. The number of amides is 1. The SMILES string of the molecule is O=C(CCCCC1CCSS1)N1CCN(c2ccccc2[N+](=O)[O-])CC1. The third-order valence-corrected chi connectivity index (χ3v) is 7.95. The summed E-state index contributed by atoms with van der Waals surface area (Å²) >= 11 is 0. The minimum absolute atomic E-state index is 0.134.